The molecule has 0 atom stereocenters. The van der Waals surface area contributed by atoms with Crippen molar-refractivity contribution in [3.63, 3.8) is 0 Å². The predicted octanol–water partition coefficient (Wildman–Crippen LogP) is 0.599. The van der Waals surface area contributed by atoms with Gasteiger partial charge in [0.15, 0.2) is 0 Å². The summed E-state index contributed by atoms with van der Waals surface area (Å²) in [5, 5.41) is 9.25. The van der Waals surface area contributed by atoms with Crippen molar-refractivity contribution in [3.05, 3.63) is 24.3 Å². The fourth-order valence-electron chi connectivity index (χ4n) is 0.572. The highest BCUT2D eigenvalue weighted by Gasteiger charge is 2.05. The molecule has 1 aromatic heterocycles. The van der Waals surface area contributed by atoms with Gasteiger partial charge in [0.1, 0.15) is 5.60 Å². The van der Waals surface area contributed by atoms with E-state index in [9.17, 15) is 5.11 Å². The second-order valence-electron chi connectivity index (χ2n) is 2.88. The van der Waals surface area contributed by atoms with E-state index in [1.54, 1.807) is 32.3 Å². The number of nitrogens with zero attached hydrogens (tertiary/aromatic N) is 2. The lowest BCUT2D eigenvalue weighted by molar-refractivity contribution is 0.143. The Morgan fingerprint density at radius 2 is 1.92 bits per heavy atom. The molecule has 3 nitrogen and oxygen atoms in total. The molecule has 0 aliphatic carbocycles. The first kappa shape index (κ1) is 8.69. The van der Waals surface area contributed by atoms with E-state index in [2.05, 4.69) is 21.8 Å². The Hall–Kier alpha value is -1.40. The number of rotatable bonds is 0. The Balaban J connectivity index is 2.81. The van der Waals surface area contributed by atoms with Crippen LogP contribution in [-0.4, -0.2) is 20.7 Å². The smallest absolute Gasteiger partial charge is 0.204 e. The number of hydrogen-bond donors (Lipinski definition) is 1. The minimum Gasteiger partial charge on any atom is -0.378 e. The van der Waals surface area contributed by atoms with Gasteiger partial charge in [-0.3, -0.25) is 0 Å². The van der Waals surface area contributed by atoms with Crippen molar-refractivity contribution in [2.24, 2.45) is 0 Å². The van der Waals surface area contributed by atoms with E-state index in [1.807, 2.05) is 0 Å². The molecule has 0 spiro atoms. The highest BCUT2D eigenvalue weighted by Crippen LogP contribution is 1.97. The average Bonchev–Trinajstić information content (AvgIpc) is 2.02. The number of aliphatic hydroxyl groups is 1. The molecule has 0 aliphatic rings. The van der Waals surface area contributed by atoms with Crippen LogP contribution < -0.4 is 0 Å². The van der Waals surface area contributed by atoms with Crippen LogP contribution in [0.5, 0.6) is 0 Å². The van der Waals surface area contributed by atoms with Gasteiger partial charge in [-0.1, -0.05) is 5.92 Å². The van der Waals surface area contributed by atoms with Crippen LogP contribution >= 0.6 is 0 Å². The van der Waals surface area contributed by atoms with Crippen LogP contribution in [0.15, 0.2) is 18.5 Å². The molecule has 0 saturated heterocycles. The van der Waals surface area contributed by atoms with Crippen LogP contribution in [0.1, 0.15) is 19.7 Å². The third-order valence-corrected chi connectivity index (χ3v) is 1.05. The summed E-state index contributed by atoms with van der Waals surface area (Å²) in [6, 6.07) is 1.72. The maximum absolute atomic E-state index is 9.25. The zero-order valence-electron chi connectivity index (χ0n) is 7.07. The zero-order chi connectivity index (χ0) is 9.03. The summed E-state index contributed by atoms with van der Waals surface area (Å²) in [6.45, 7) is 3.23. The molecule has 0 bridgehead atoms. The standard InChI is InChI=1S/C9H10N2O/c1-9(2,12)5-4-8-10-6-3-7-11-8/h3,6-7,12H,1-2H3. The molecule has 0 unspecified atom stereocenters. The Morgan fingerprint density at radius 3 is 2.42 bits per heavy atom. The molecule has 0 saturated carbocycles. The maximum atomic E-state index is 9.25. The van der Waals surface area contributed by atoms with E-state index in [1.165, 1.54) is 0 Å². The predicted molar refractivity (Wildman–Crippen MR) is 45.2 cm³/mol. The Morgan fingerprint density at radius 1 is 1.33 bits per heavy atom. The van der Waals surface area contributed by atoms with Gasteiger partial charge in [-0.15, -0.1) is 0 Å². The molecule has 0 amide bonds. The van der Waals surface area contributed by atoms with Crippen LogP contribution in [0.2, 0.25) is 0 Å². The molecule has 1 N–H and O–H groups in total. The van der Waals surface area contributed by atoms with Crippen LogP contribution in [0.25, 0.3) is 0 Å². The summed E-state index contributed by atoms with van der Waals surface area (Å²) < 4.78 is 0. The molecule has 0 fully saturated rings. The number of hydrogen-bond acceptors (Lipinski definition) is 3. The van der Waals surface area contributed by atoms with E-state index >= 15 is 0 Å². The molecule has 1 aromatic rings. The molecule has 3 heteroatoms. The molecule has 1 heterocycles. The third-order valence-electron chi connectivity index (χ3n) is 1.05. The van der Waals surface area contributed by atoms with Gasteiger partial charge in [0.05, 0.1) is 0 Å². The van der Waals surface area contributed by atoms with Crippen molar-refractivity contribution in [2.75, 3.05) is 0 Å². The lowest BCUT2D eigenvalue weighted by Gasteiger charge is -2.05. The third kappa shape index (κ3) is 3.13. The van der Waals surface area contributed by atoms with Crippen molar-refractivity contribution in [3.8, 4) is 11.8 Å². The van der Waals surface area contributed by atoms with Gasteiger partial charge in [0.25, 0.3) is 0 Å². The van der Waals surface area contributed by atoms with Crippen LogP contribution in [0.3, 0.4) is 0 Å². The molecule has 12 heavy (non-hydrogen) atoms. The molecule has 0 radical (unpaired) electrons. The largest absolute Gasteiger partial charge is 0.378 e. The Labute approximate surface area is 71.5 Å². The van der Waals surface area contributed by atoms with E-state index < -0.39 is 5.60 Å². The SMILES string of the molecule is CC(C)(O)C#Cc1ncccn1. The molecule has 62 valence electrons. The summed E-state index contributed by atoms with van der Waals surface area (Å²) in [6.07, 6.45) is 3.22. The van der Waals surface area contributed by atoms with Crippen LogP contribution in [0.4, 0.5) is 0 Å². The molecule has 0 aliphatic heterocycles. The summed E-state index contributed by atoms with van der Waals surface area (Å²) >= 11 is 0. The number of aromatic nitrogens is 2. The van der Waals surface area contributed by atoms with Crippen molar-refractivity contribution in [2.45, 2.75) is 19.4 Å². The van der Waals surface area contributed by atoms with Crippen molar-refractivity contribution >= 4 is 0 Å². The van der Waals surface area contributed by atoms with Crippen molar-refractivity contribution in [1.82, 2.24) is 9.97 Å². The highest BCUT2D eigenvalue weighted by atomic mass is 16.3. The monoisotopic (exact) mass is 162 g/mol. The fraction of sp³-hybridized carbons (Fsp3) is 0.333. The van der Waals surface area contributed by atoms with Gasteiger partial charge in [-0.2, -0.15) is 0 Å². The van der Waals surface area contributed by atoms with Gasteiger partial charge >= 0.3 is 0 Å². The Bertz CT molecular complexity index is 303. The maximum Gasteiger partial charge on any atom is 0.204 e. The van der Waals surface area contributed by atoms with Crippen LogP contribution in [-0.2, 0) is 0 Å². The summed E-state index contributed by atoms with van der Waals surface area (Å²) in [4.78, 5) is 7.77. The van der Waals surface area contributed by atoms with E-state index in [0.29, 0.717) is 5.82 Å². The van der Waals surface area contributed by atoms with Gasteiger partial charge in [0.2, 0.25) is 5.82 Å². The van der Waals surface area contributed by atoms with E-state index in [-0.39, 0.29) is 0 Å². The average molecular weight is 162 g/mol. The normalized spacial score (nSPS) is 10.2. The molecular formula is C9H10N2O. The van der Waals surface area contributed by atoms with E-state index in [4.69, 9.17) is 0 Å². The molecule has 0 aromatic carbocycles. The summed E-state index contributed by atoms with van der Waals surface area (Å²) in [5.41, 5.74) is -0.987. The highest BCUT2D eigenvalue weighted by molar-refractivity contribution is 5.23. The van der Waals surface area contributed by atoms with Gasteiger partial charge in [-0.25, -0.2) is 9.97 Å². The van der Waals surface area contributed by atoms with Crippen molar-refractivity contribution in [1.29, 1.82) is 0 Å². The first-order valence-electron chi connectivity index (χ1n) is 3.60. The summed E-state index contributed by atoms with van der Waals surface area (Å²) in [5.74, 6) is 5.71. The lowest BCUT2D eigenvalue weighted by atomic mass is 10.1. The van der Waals surface area contributed by atoms with Crippen molar-refractivity contribution < 1.29 is 5.11 Å². The quantitative estimate of drug-likeness (QED) is 0.568. The van der Waals surface area contributed by atoms with E-state index in [0.717, 1.165) is 0 Å². The first-order valence-corrected chi connectivity index (χ1v) is 3.60. The lowest BCUT2D eigenvalue weighted by Crippen LogP contribution is -2.14. The topological polar surface area (TPSA) is 46.0 Å². The Kier molecular flexibility index (Phi) is 2.41. The van der Waals surface area contributed by atoms with Crippen LogP contribution in [0, 0.1) is 11.8 Å². The molecular weight excluding hydrogens is 152 g/mol. The minimum atomic E-state index is -0.987. The summed E-state index contributed by atoms with van der Waals surface area (Å²) in [7, 11) is 0. The first-order chi connectivity index (χ1) is 5.58. The minimum absolute atomic E-state index is 0.430. The second kappa shape index (κ2) is 3.33. The van der Waals surface area contributed by atoms with Gasteiger partial charge < -0.3 is 5.11 Å². The zero-order valence-corrected chi connectivity index (χ0v) is 7.07. The van der Waals surface area contributed by atoms with Gasteiger partial charge in [-0.05, 0) is 25.8 Å². The molecule has 1 rings (SSSR count). The fourth-order valence-corrected chi connectivity index (χ4v) is 0.572. The second-order valence-corrected chi connectivity index (χ2v) is 2.88. The van der Waals surface area contributed by atoms with Gasteiger partial charge in [0, 0.05) is 12.4 Å².